The summed E-state index contributed by atoms with van der Waals surface area (Å²) in [5, 5.41) is 16.2. The number of anilines is 1. The summed E-state index contributed by atoms with van der Waals surface area (Å²) in [5.41, 5.74) is 0.862. The second-order valence-electron chi connectivity index (χ2n) is 5.01. The van der Waals surface area contributed by atoms with Gasteiger partial charge in [0.2, 0.25) is 5.76 Å². The number of rotatable bonds is 6. The molecule has 1 saturated heterocycles. The van der Waals surface area contributed by atoms with Crippen LogP contribution in [0.5, 0.6) is 0 Å². The van der Waals surface area contributed by atoms with E-state index in [1.807, 2.05) is 10.9 Å². The van der Waals surface area contributed by atoms with Crippen molar-refractivity contribution >= 4 is 11.7 Å². The SMILES string of the molecule is O=C(O)c1ccc(CNc2cnn(CC3CCCO3)c2)o1. The lowest BCUT2D eigenvalue weighted by Gasteiger charge is -2.08. The Morgan fingerprint density at radius 3 is 3.14 bits per heavy atom. The average molecular weight is 291 g/mol. The minimum atomic E-state index is -1.06. The smallest absolute Gasteiger partial charge is 0.371 e. The first-order chi connectivity index (χ1) is 10.2. The van der Waals surface area contributed by atoms with E-state index in [0.29, 0.717) is 12.3 Å². The summed E-state index contributed by atoms with van der Waals surface area (Å²) in [5.74, 6) is -0.550. The molecule has 21 heavy (non-hydrogen) atoms. The van der Waals surface area contributed by atoms with Gasteiger partial charge in [-0.2, -0.15) is 5.10 Å². The van der Waals surface area contributed by atoms with Crippen LogP contribution in [0.4, 0.5) is 5.69 Å². The van der Waals surface area contributed by atoms with E-state index in [0.717, 1.165) is 31.7 Å². The monoisotopic (exact) mass is 291 g/mol. The van der Waals surface area contributed by atoms with Crippen molar-refractivity contribution in [1.29, 1.82) is 0 Å². The molecule has 0 aliphatic carbocycles. The molecule has 3 heterocycles. The van der Waals surface area contributed by atoms with Gasteiger partial charge in [-0.05, 0) is 25.0 Å². The third-order valence-corrected chi connectivity index (χ3v) is 3.39. The molecule has 112 valence electrons. The first-order valence-corrected chi connectivity index (χ1v) is 6.90. The van der Waals surface area contributed by atoms with E-state index in [2.05, 4.69) is 10.4 Å². The van der Waals surface area contributed by atoms with E-state index in [9.17, 15) is 4.79 Å². The highest BCUT2D eigenvalue weighted by Gasteiger charge is 2.16. The standard InChI is InChI=1S/C14H17N3O4/c18-14(19)13-4-3-11(21-13)7-15-10-6-16-17(8-10)9-12-2-1-5-20-12/h3-4,6,8,12,15H,1-2,5,7,9H2,(H,18,19). The molecule has 1 atom stereocenters. The van der Waals surface area contributed by atoms with Gasteiger partial charge in [-0.1, -0.05) is 0 Å². The number of nitrogens with zero attached hydrogens (tertiary/aromatic N) is 2. The summed E-state index contributed by atoms with van der Waals surface area (Å²) in [6.45, 7) is 2.01. The molecule has 3 rings (SSSR count). The maximum absolute atomic E-state index is 10.7. The predicted octanol–water partition coefficient (Wildman–Crippen LogP) is 1.97. The molecule has 1 aliphatic rings. The van der Waals surface area contributed by atoms with Crippen LogP contribution in [0.1, 0.15) is 29.2 Å². The minimum absolute atomic E-state index is 0.0547. The topological polar surface area (TPSA) is 89.5 Å². The van der Waals surface area contributed by atoms with Crippen molar-refractivity contribution in [3.05, 3.63) is 36.0 Å². The molecule has 2 aromatic rings. The summed E-state index contributed by atoms with van der Waals surface area (Å²) < 4.78 is 12.6. The van der Waals surface area contributed by atoms with E-state index in [1.54, 1.807) is 12.3 Å². The Hall–Kier alpha value is -2.28. The molecule has 2 N–H and O–H groups in total. The van der Waals surface area contributed by atoms with Crippen LogP contribution in [-0.4, -0.2) is 33.6 Å². The highest BCUT2D eigenvalue weighted by molar-refractivity contribution is 5.84. The van der Waals surface area contributed by atoms with E-state index in [-0.39, 0.29) is 11.9 Å². The van der Waals surface area contributed by atoms with Gasteiger partial charge in [0.25, 0.3) is 0 Å². The molecule has 0 bridgehead atoms. The number of carboxylic acids is 1. The number of furan rings is 1. The number of carbonyl (C=O) groups is 1. The van der Waals surface area contributed by atoms with Gasteiger partial charge >= 0.3 is 5.97 Å². The van der Waals surface area contributed by atoms with Crippen LogP contribution in [0, 0.1) is 0 Å². The Balaban J connectivity index is 1.52. The average Bonchev–Trinajstić information content (AvgIpc) is 3.18. The van der Waals surface area contributed by atoms with Crippen molar-refractivity contribution in [3.63, 3.8) is 0 Å². The number of ether oxygens (including phenoxy) is 1. The van der Waals surface area contributed by atoms with Gasteiger partial charge in [-0.15, -0.1) is 0 Å². The molecule has 1 aliphatic heterocycles. The van der Waals surface area contributed by atoms with Gasteiger partial charge in [0, 0.05) is 12.8 Å². The molecule has 7 heteroatoms. The number of hydrogen-bond acceptors (Lipinski definition) is 5. The van der Waals surface area contributed by atoms with E-state index in [1.165, 1.54) is 6.07 Å². The third kappa shape index (κ3) is 3.43. The molecule has 0 amide bonds. The van der Waals surface area contributed by atoms with Crippen LogP contribution in [0.3, 0.4) is 0 Å². The maximum Gasteiger partial charge on any atom is 0.371 e. The Labute approximate surface area is 121 Å². The fourth-order valence-electron chi connectivity index (χ4n) is 2.33. The van der Waals surface area contributed by atoms with Crippen LogP contribution < -0.4 is 5.32 Å². The number of carboxylic acid groups (broad SMARTS) is 1. The summed E-state index contributed by atoms with van der Waals surface area (Å²) in [6, 6.07) is 3.09. The van der Waals surface area contributed by atoms with Gasteiger partial charge in [0.1, 0.15) is 5.76 Å². The molecule has 0 radical (unpaired) electrons. The molecule has 0 spiro atoms. The largest absolute Gasteiger partial charge is 0.475 e. The van der Waals surface area contributed by atoms with Crippen molar-refractivity contribution in [2.24, 2.45) is 0 Å². The summed E-state index contributed by atoms with van der Waals surface area (Å²) in [6.07, 6.45) is 6.08. The third-order valence-electron chi connectivity index (χ3n) is 3.39. The van der Waals surface area contributed by atoms with Crippen LogP contribution in [0.15, 0.2) is 28.9 Å². The molecule has 0 aromatic carbocycles. The number of hydrogen-bond donors (Lipinski definition) is 2. The zero-order valence-corrected chi connectivity index (χ0v) is 11.5. The Morgan fingerprint density at radius 2 is 2.43 bits per heavy atom. The summed E-state index contributed by atoms with van der Waals surface area (Å²) in [7, 11) is 0. The van der Waals surface area contributed by atoms with Crippen molar-refractivity contribution < 1.29 is 19.1 Å². The van der Waals surface area contributed by atoms with Gasteiger partial charge in [0.05, 0.1) is 31.1 Å². The van der Waals surface area contributed by atoms with E-state index < -0.39 is 5.97 Å². The number of aromatic nitrogens is 2. The molecule has 0 saturated carbocycles. The zero-order chi connectivity index (χ0) is 14.7. The minimum Gasteiger partial charge on any atom is -0.475 e. The van der Waals surface area contributed by atoms with Crippen molar-refractivity contribution in [2.45, 2.75) is 32.0 Å². The first kappa shape index (κ1) is 13.7. The Kier molecular flexibility index (Phi) is 3.92. The predicted molar refractivity (Wildman–Crippen MR) is 74.2 cm³/mol. The second-order valence-corrected chi connectivity index (χ2v) is 5.01. The fourth-order valence-corrected chi connectivity index (χ4v) is 2.33. The Morgan fingerprint density at radius 1 is 1.52 bits per heavy atom. The summed E-state index contributed by atoms with van der Waals surface area (Å²) >= 11 is 0. The first-order valence-electron chi connectivity index (χ1n) is 6.90. The molecule has 1 fully saturated rings. The van der Waals surface area contributed by atoms with E-state index in [4.69, 9.17) is 14.3 Å². The lowest BCUT2D eigenvalue weighted by Crippen LogP contribution is -2.15. The molecular formula is C14H17N3O4. The second kappa shape index (κ2) is 6.01. The van der Waals surface area contributed by atoms with Gasteiger partial charge < -0.3 is 19.6 Å². The lowest BCUT2D eigenvalue weighted by molar-refractivity contribution is 0.0660. The van der Waals surface area contributed by atoms with Gasteiger partial charge in [0.15, 0.2) is 0 Å². The van der Waals surface area contributed by atoms with Gasteiger partial charge in [-0.3, -0.25) is 4.68 Å². The maximum atomic E-state index is 10.7. The molecule has 2 aromatic heterocycles. The fraction of sp³-hybridized carbons (Fsp3) is 0.429. The van der Waals surface area contributed by atoms with Crippen LogP contribution in [0.2, 0.25) is 0 Å². The highest BCUT2D eigenvalue weighted by atomic mass is 16.5. The summed E-state index contributed by atoms with van der Waals surface area (Å²) in [4.78, 5) is 10.7. The van der Waals surface area contributed by atoms with Crippen molar-refractivity contribution in [2.75, 3.05) is 11.9 Å². The lowest BCUT2D eigenvalue weighted by atomic mass is 10.2. The van der Waals surface area contributed by atoms with Crippen LogP contribution >= 0.6 is 0 Å². The molecular weight excluding hydrogens is 274 g/mol. The van der Waals surface area contributed by atoms with E-state index >= 15 is 0 Å². The quantitative estimate of drug-likeness (QED) is 0.845. The normalized spacial score (nSPS) is 18.0. The van der Waals surface area contributed by atoms with Crippen molar-refractivity contribution in [3.8, 4) is 0 Å². The molecule has 7 nitrogen and oxygen atoms in total. The van der Waals surface area contributed by atoms with Crippen molar-refractivity contribution in [1.82, 2.24) is 9.78 Å². The Bertz CT molecular complexity index is 613. The number of nitrogens with one attached hydrogen (secondary N) is 1. The molecule has 1 unspecified atom stereocenters. The number of aromatic carboxylic acids is 1. The zero-order valence-electron chi connectivity index (χ0n) is 11.5. The highest BCUT2D eigenvalue weighted by Crippen LogP contribution is 2.15. The van der Waals surface area contributed by atoms with Crippen LogP contribution in [0.25, 0.3) is 0 Å². The van der Waals surface area contributed by atoms with Crippen LogP contribution in [-0.2, 0) is 17.8 Å². The van der Waals surface area contributed by atoms with Gasteiger partial charge in [-0.25, -0.2) is 4.79 Å².